The monoisotopic (exact) mass is 463 g/mol. The first kappa shape index (κ1) is 23.8. The van der Waals surface area contributed by atoms with Gasteiger partial charge in [-0.05, 0) is 42.9 Å². The smallest absolute Gasteiger partial charge is 0.224 e. The Labute approximate surface area is 199 Å². The summed E-state index contributed by atoms with van der Waals surface area (Å²) < 4.78 is 20.5. The van der Waals surface area contributed by atoms with E-state index >= 15 is 0 Å². The fourth-order valence-electron chi connectivity index (χ4n) is 3.79. The van der Waals surface area contributed by atoms with Crippen molar-refractivity contribution in [2.75, 3.05) is 46.4 Å². The van der Waals surface area contributed by atoms with Gasteiger partial charge in [-0.2, -0.15) is 0 Å². The Balaban J connectivity index is 1.26. The molecule has 34 heavy (non-hydrogen) atoms. The lowest BCUT2D eigenvalue weighted by Gasteiger charge is -2.32. The van der Waals surface area contributed by atoms with Crippen LogP contribution in [0.4, 0.5) is 4.39 Å². The number of hydrogen-bond acceptors (Lipinski definition) is 6. The van der Waals surface area contributed by atoms with E-state index in [-0.39, 0.29) is 18.1 Å². The van der Waals surface area contributed by atoms with Crippen LogP contribution < -0.4 is 10.1 Å². The lowest BCUT2D eigenvalue weighted by Crippen LogP contribution is -2.45. The molecule has 0 saturated carbocycles. The van der Waals surface area contributed by atoms with Gasteiger partial charge in [0, 0.05) is 56.7 Å². The Kier molecular flexibility index (Phi) is 8.17. The topological polar surface area (TPSA) is 70.6 Å². The van der Waals surface area contributed by atoms with Crippen LogP contribution in [0.15, 0.2) is 60.9 Å². The molecule has 7 nitrogen and oxygen atoms in total. The predicted molar refractivity (Wildman–Crippen MR) is 129 cm³/mol. The van der Waals surface area contributed by atoms with Gasteiger partial charge in [0.05, 0.1) is 24.4 Å². The van der Waals surface area contributed by atoms with Crippen molar-refractivity contribution < 1.29 is 13.9 Å². The molecule has 0 radical (unpaired) electrons. The molecule has 1 saturated heterocycles. The van der Waals surface area contributed by atoms with Crippen molar-refractivity contribution in [2.24, 2.45) is 0 Å². The molecule has 1 fully saturated rings. The number of halogens is 1. The summed E-state index contributed by atoms with van der Waals surface area (Å²) >= 11 is 0. The lowest BCUT2D eigenvalue weighted by atomic mass is 10.1. The van der Waals surface area contributed by atoms with Crippen LogP contribution in [0.5, 0.6) is 5.75 Å². The molecule has 0 unspecified atom stereocenters. The number of piperazine rings is 1. The van der Waals surface area contributed by atoms with Gasteiger partial charge in [-0.1, -0.05) is 12.1 Å². The molecule has 0 atom stereocenters. The van der Waals surface area contributed by atoms with Crippen LogP contribution in [0, 0.1) is 5.82 Å². The Morgan fingerprint density at radius 2 is 1.94 bits per heavy atom. The van der Waals surface area contributed by atoms with E-state index in [1.54, 1.807) is 36.7 Å². The van der Waals surface area contributed by atoms with Crippen LogP contribution >= 0.6 is 0 Å². The van der Waals surface area contributed by atoms with E-state index in [0.717, 1.165) is 44.0 Å². The molecule has 1 aliphatic heterocycles. The molecule has 3 heterocycles. The second-order valence-corrected chi connectivity index (χ2v) is 8.46. The van der Waals surface area contributed by atoms with Gasteiger partial charge in [0.1, 0.15) is 18.2 Å². The van der Waals surface area contributed by atoms with Crippen LogP contribution in [-0.2, 0) is 17.8 Å². The Morgan fingerprint density at radius 1 is 1.09 bits per heavy atom. The highest BCUT2D eigenvalue weighted by atomic mass is 19.1. The number of rotatable bonds is 9. The third-order valence-corrected chi connectivity index (χ3v) is 5.87. The number of carbonyl (C=O) groups is 1. The maximum Gasteiger partial charge on any atom is 0.224 e. The quantitative estimate of drug-likeness (QED) is 0.526. The minimum absolute atomic E-state index is 0.121. The molecule has 8 heteroatoms. The van der Waals surface area contributed by atoms with Gasteiger partial charge in [0.2, 0.25) is 5.91 Å². The molecule has 4 rings (SSSR count). The fraction of sp³-hybridized carbons (Fsp3) is 0.346. The number of nitrogens with zero attached hydrogens (tertiary/aromatic N) is 4. The predicted octanol–water partition coefficient (Wildman–Crippen LogP) is 2.77. The molecular formula is C26H30FN5O2. The van der Waals surface area contributed by atoms with Gasteiger partial charge in [-0.3, -0.25) is 19.7 Å². The van der Waals surface area contributed by atoms with Crippen LogP contribution in [0.3, 0.4) is 0 Å². The van der Waals surface area contributed by atoms with Crippen molar-refractivity contribution in [2.45, 2.75) is 13.0 Å². The highest BCUT2D eigenvalue weighted by molar-refractivity contribution is 5.78. The summed E-state index contributed by atoms with van der Waals surface area (Å²) in [6.07, 6.45) is 3.49. The third-order valence-electron chi connectivity index (χ3n) is 5.87. The third kappa shape index (κ3) is 6.82. The molecule has 1 N–H and O–H groups in total. The molecule has 178 valence electrons. The molecule has 2 aromatic heterocycles. The van der Waals surface area contributed by atoms with E-state index in [1.807, 2.05) is 18.2 Å². The Hall–Kier alpha value is -3.36. The van der Waals surface area contributed by atoms with Gasteiger partial charge >= 0.3 is 0 Å². The normalized spacial score (nSPS) is 14.6. The van der Waals surface area contributed by atoms with E-state index in [9.17, 15) is 9.18 Å². The number of ether oxygens (including phenoxy) is 1. The molecule has 1 aromatic carbocycles. The van der Waals surface area contributed by atoms with Crippen molar-refractivity contribution in [3.05, 3.63) is 78.0 Å². The maximum atomic E-state index is 14.7. The van der Waals surface area contributed by atoms with Gasteiger partial charge in [0.25, 0.3) is 0 Å². The van der Waals surface area contributed by atoms with Gasteiger partial charge in [-0.15, -0.1) is 0 Å². The summed E-state index contributed by atoms with van der Waals surface area (Å²) in [4.78, 5) is 25.4. The van der Waals surface area contributed by atoms with Crippen LogP contribution in [-0.4, -0.2) is 72.1 Å². The number of hydrogen-bond donors (Lipinski definition) is 1. The molecule has 0 aliphatic carbocycles. The Bertz CT molecular complexity index is 1070. The van der Waals surface area contributed by atoms with Gasteiger partial charge in [0.15, 0.2) is 0 Å². The van der Waals surface area contributed by atoms with Crippen molar-refractivity contribution in [3.63, 3.8) is 0 Å². The summed E-state index contributed by atoms with van der Waals surface area (Å²) in [5.74, 6) is 0.00600. The minimum Gasteiger partial charge on any atom is -0.492 e. The fourth-order valence-corrected chi connectivity index (χ4v) is 3.79. The first-order chi connectivity index (χ1) is 16.6. The maximum absolute atomic E-state index is 14.7. The van der Waals surface area contributed by atoms with E-state index in [1.165, 1.54) is 6.07 Å². The van der Waals surface area contributed by atoms with Gasteiger partial charge in [-0.25, -0.2) is 4.39 Å². The zero-order chi connectivity index (χ0) is 23.8. The van der Waals surface area contributed by atoms with Crippen molar-refractivity contribution in [1.29, 1.82) is 0 Å². The van der Waals surface area contributed by atoms with Crippen LogP contribution in [0.25, 0.3) is 11.3 Å². The number of benzene rings is 1. The molecule has 0 spiro atoms. The lowest BCUT2D eigenvalue weighted by molar-refractivity contribution is -0.120. The average Bonchev–Trinajstić information content (AvgIpc) is 2.85. The summed E-state index contributed by atoms with van der Waals surface area (Å²) in [5.41, 5.74) is 2.47. The summed E-state index contributed by atoms with van der Waals surface area (Å²) in [6.45, 7) is 5.91. The largest absolute Gasteiger partial charge is 0.492 e. The van der Waals surface area contributed by atoms with Crippen molar-refractivity contribution >= 4 is 5.91 Å². The Morgan fingerprint density at radius 3 is 2.65 bits per heavy atom. The molecule has 1 amide bonds. The molecule has 0 bridgehead atoms. The van der Waals surface area contributed by atoms with Gasteiger partial charge < -0.3 is 15.0 Å². The van der Waals surface area contributed by atoms with E-state index in [2.05, 4.69) is 32.1 Å². The SMILES string of the molecule is CN1CCN(CCOc2ccc(-c3ccc(CC(=O)NCc4ccccn4)cn3)c(F)c2)CC1. The number of likely N-dealkylation sites (N-methyl/N-ethyl adjacent to an activating group) is 1. The second kappa shape index (κ2) is 11.7. The number of carbonyl (C=O) groups excluding carboxylic acids is 1. The number of aromatic nitrogens is 2. The van der Waals surface area contributed by atoms with E-state index in [0.29, 0.717) is 30.2 Å². The number of nitrogens with one attached hydrogen (secondary N) is 1. The van der Waals surface area contributed by atoms with Crippen LogP contribution in [0.1, 0.15) is 11.3 Å². The van der Waals surface area contributed by atoms with Crippen LogP contribution in [0.2, 0.25) is 0 Å². The number of amides is 1. The standard InChI is InChI=1S/C26H30FN5O2/c1-31-10-12-32(13-11-31)14-15-34-22-6-7-23(24(27)17-22)25-8-5-20(18-29-25)16-26(33)30-19-21-4-2-3-9-28-21/h2-9,17-18H,10-16,19H2,1H3,(H,30,33). The summed E-state index contributed by atoms with van der Waals surface area (Å²) in [5, 5.41) is 2.84. The first-order valence-electron chi connectivity index (χ1n) is 11.5. The number of pyridine rings is 2. The van der Waals surface area contributed by atoms with Crippen molar-refractivity contribution in [3.8, 4) is 17.0 Å². The molecular weight excluding hydrogens is 433 g/mol. The summed E-state index contributed by atoms with van der Waals surface area (Å²) in [6, 6.07) is 13.9. The average molecular weight is 464 g/mol. The first-order valence-corrected chi connectivity index (χ1v) is 11.5. The zero-order valence-corrected chi connectivity index (χ0v) is 19.4. The van der Waals surface area contributed by atoms with Crippen molar-refractivity contribution in [1.82, 2.24) is 25.1 Å². The zero-order valence-electron chi connectivity index (χ0n) is 19.4. The highest BCUT2D eigenvalue weighted by Crippen LogP contribution is 2.25. The summed E-state index contributed by atoms with van der Waals surface area (Å²) in [7, 11) is 2.13. The highest BCUT2D eigenvalue weighted by Gasteiger charge is 2.14. The van der Waals surface area contributed by atoms with E-state index < -0.39 is 0 Å². The molecule has 3 aromatic rings. The minimum atomic E-state index is -0.384. The molecule has 1 aliphatic rings. The second-order valence-electron chi connectivity index (χ2n) is 8.46. The van der Waals surface area contributed by atoms with E-state index in [4.69, 9.17) is 4.74 Å².